The summed E-state index contributed by atoms with van der Waals surface area (Å²) in [7, 11) is 0. The number of nitrogens with one attached hydrogen (secondary N) is 3. The van der Waals surface area contributed by atoms with E-state index in [-0.39, 0.29) is 36.1 Å². The van der Waals surface area contributed by atoms with E-state index < -0.39 is 12.1 Å². The Labute approximate surface area is 248 Å². The molecule has 11 heteroatoms. The van der Waals surface area contributed by atoms with E-state index in [1.807, 2.05) is 0 Å². The van der Waals surface area contributed by atoms with Gasteiger partial charge in [0.2, 0.25) is 5.91 Å². The van der Waals surface area contributed by atoms with Crippen molar-refractivity contribution in [3.63, 3.8) is 0 Å². The number of amides is 1. The van der Waals surface area contributed by atoms with Crippen LogP contribution in [-0.4, -0.2) is 81.2 Å². The van der Waals surface area contributed by atoms with Crippen molar-refractivity contribution in [1.29, 1.82) is 0 Å². The molecule has 0 heterocycles. The summed E-state index contributed by atoms with van der Waals surface area (Å²) in [6.07, 6.45) is 11.4. The highest BCUT2D eigenvalue weighted by Crippen LogP contribution is 2.10. The summed E-state index contributed by atoms with van der Waals surface area (Å²) < 4.78 is 0. The lowest BCUT2D eigenvalue weighted by atomic mass is 9.98. The number of unbranched alkanes of at least 4 members (excludes halogenated alkanes) is 7. The first-order valence-electron chi connectivity index (χ1n) is 16.0. The fraction of sp³-hybridized carbons (Fsp3) is 0.867. The van der Waals surface area contributed by atoms with E-state index in [1.54, 1.807) is 0 Å². The van der Waals surface area contributed by atoms with Gasteiger partial charge in [0.15, 0.2) is 0 Å². The van der Waals surface area contributed by atoms with Crippen LogP contribution in [0.25, 0.3) is 0 Å². The monoisotopic (exact) mass is 583 g/mol. The highest BCUT2D eigenvalue weighted by molar-refractivity contribution is 5.90. The predicted octanol–water partition coefficient (Wildman–Crippen LogP) is 1.19. The van der Waals surface area contributed by atoms with Crippen molar-refractivity contribution in [3.05, 3.63) is 0 Å². The van der Waals surface area contributed by atoms with Crippen LogP contribution in [0.4, 0.5) is 0 Å². The molecular weight excluding hydrogens is 522 g/mol. The Morgan fingerprint density at radius 1 is 0.463 bits per heavy atom. The van der Waals surface area contributed by atoms with Gasteiger partial charge in [0.1, 0.15) is 17.3 Å². The molecule has 0 aromatic rings. The van der Waals surface area contributed by atoms with Crippen molar-refractivity contribution in [2.24, 2.45) is 22.9 Å². The normalized spacial score (nSPS) is 12.7. The SMILES string of the molecule is NCCCCCC(=O)C(CC(=O)CCCCNC(CC(=O)NCCCCN)C(=O)CCCCCN)NCCCCN. The summed E-state index contributed by atoms with van der Waals surface area (Å²) in [5.41, 5.74) is 22.2. The Kier molecular flexibility index (Phi) is 27.1. The third-order valence-corrected chi connectivity index (χ3v) is 7.10. The first kappa shape index (κ1) is 39.2. The summed E-state index contributed by atoms with van der Waals surface area (Å²) in [4.78, 5) is 50.7. The first-order chi connectivity index (χ1) is 19.9. The van der Waals surface area contributed by atoms with Gasteiger partial charge in [-0.15, -0.1) is 0 Å². The van der Waals surface area contributed by atoms with Crippen molar-refractivity contribution in [2.75, 3.05) is 45.8 Å². The average Bonchev–Trinajstić information content (AvgIpc) is 2.96. The Balaban J connectivity index is 4.67. The van der Waals surface area contributed by atoms with Gasteiger partial charge in [-0.25, -0.2) is 0 Å². The van der Waals surface area contributed by atoms with Crippen LogP contribution in [0, 0.1) is 0 Å². The summed E-state index contributed by atoms with van der Waals surface area (Å²) >= 11 is 0. The zero-order valence-electron chi connectivity index (χ0n) is 25.6. The van der Waals surface area contributed by atoms with E-state index in [0.29, 0.717) is 77.9 Å². The number of Topliss-reactive ketones (excluding diaryl/α,β-unsaturated/α-hetero) is 3. The molecule has 240 valence electrons. The standard InChI is InChI=1S/C30H61N7O4/c31-16-6-1-3-14-28(39)26(35-21-11-8-18-33)23-25(38)13-5-10-20-36-27(29(40)15-4-2-7-17-32)24-30(41)37-22-12-9-19-34/h26-27,35-36H,1-24,31-34H2,(H,37,41). The smallest absolute Gasteiger partial charge is 0.222 e. The largest absolute Gasteiger partial charge is 0.356 e. The number of carbonyl (C=O) groups excluding carboxylic acids is 4. The number of carbonyl (C=O) groups is 4. The lowest BCUT2D eigenvalue weighted by Gasteiger charge is -2.18. The number of nitrogens with two attached hydrogens (primary N) is 4. The average molecular weight is 584 g/mol. The minimum Gasteiger partial charge on any atom is -0.356 e. The lowest BCUT2D eigenvalue weighted by molar-refractivity contribution is -0.127. The highest BCUT2D eigenvalue weighted by Gasteiger charge is 2.22. The summed E-state index contributed by atoms with van der Waals surface area (Å²) in [5, 5.41) is 9.39. The van der Waals surface area contributed by atoms with Gasteiger partial charge in [-0.3, -0.25) is 19.2 Å². The molecule has 2 unspecified atom stereocenters. The predicted molar refractivity (Wildman–Crippen MR) is 166 cm³/mol. The Hall–Kier alpha value is -1.76. The maximum Gasteiger partial charge on any atom is 0.222 e. The molecule has 0 aliphatic heterocycles. The molecule has 0 fully saturated rings. The van der Waals surface area contributed by atoms with E-state index in [9.17, 15) is 19.2 Å². The molecule has 0 spiro atoms. The summed E-state index contributed by atoms with van der Waals surface area (Å²) in [5.74, 6) is 0.0198. The second-order valence-corrected chi connectivity index (χ2v) is 10.9. The van der Waals surface area contributed by atoms with E-state index in [2.05, 4.69) is 16.0 Å². The van der Waals surface area contributed by atoms with Gasteiger partial charge in [-0.05, 0) is 103 Å². The van der Waals surface area contributed by atoms with Crippen molar-refractivity contribution in [1.82, 2.24) is 16.0 Å². The number of hydrogen-bond donors (Lipinski definition) is 7. The molecular formula is C30H61N7O4. The highest BCUT2D eigenvalue weighted by atomic mass is 16.2. The summed E-state index contributed by atoms with van der Waals surface area (Å²) in [6, 6.07) is -1.00. The van der Waals surface area contributed by atoms with E-state index in [0.717, 1.165) is 64.2 Å². The minimum absolute atomic E-state index is 0.0312. The maximum absolute atomic E-state index is 12.8. The van der Waals surface area contributed by atoms with Crippen LogP contribution in [0.3, 0.4) is 0 Å². The van der Waals surface area contributed by atoms with Gasteiger partial charge in [0, 0.05) is 38.6 Å². The summed E-state index contributed by atoms with van der Waals surface area (Å²) in [6.45, 7) is 4.16. The van der Waals surface area contributed by atoms with E-state index in [1.165, 1.54) is 0 Å². The third kappa shape index (κ3) is 23.5. The van der Waals surface area contributed by atoms with Gasteiger partial charge >= 0.3 is 0 Å². The van der Waals surface area contributed by atoms with Crippen LogP contribution in [-0.2, 0) is 19.2 Å². The Morgan fingerprint density at radius 3 is 1.39 bits per heavy atom. The molecule has 0 aromatic carbocycles. The quantitative estimate of drug-likeness (QED) is 0.0580. The number of ketones is 3. The molecule has 0 aliphatic carbocycles. The van der Waals surface area contributed by atoms with Crippen LogP contribution in [0.1, 0.15) is 109 Å². The molecule has 0 aromatic heterocycles. The zero-order valence-corrected chi connectivity index (χ0v) is 25.6. The van der Waals surface area contributed by atoms with Crippen LogP contribution in [0.15, 0.2) is 0 Å². The topological polar surface area (TPSA) is 208 Å². The van der Waals surface area contributed by atoms with Gasteiger partial charge in [0.05, 0.1) is 12.1 Å². The second kappa shape index (κ2) is 28.4. The number of rotatable bonds is 31. The molecule has 41 heavy (non-hydrogen) atoms. The van der Waals surface area contributed by atoms with Crippen LogP contribution < -0.4 is 38.9 Å². The first-order valence-corrected chi connectivity index (χ1v) is 16.0. The molecule has 0 radical (unpaired) electrons. The van der Waals surface area contributed by atoms with Crippen molar-refractivity contribution in [2.45, 2.75) is 121 Å². The van der Waals surface area contributed by atoms with Crippen LogP contribution >= 0.6 is 0 Å². The van der Waals surface area contributed by atoms with Gasteiger partial charge in [0.25, 0.3) is 0 Å². The van der Waals surface area contributed by atoms with E-state index in [4.69, 9.17) is 22.9 Å². The molecule has 0 saturated heterocycles. The molecule has 0 bridgehead atoms. The third-order valence-electron chi connectivity index (χ3n) is 7.10. The number of hydrogen-bond acceptors (Lipinski definition) is 10. The van der Waals surface area contributed by atoms with Gasteiger partial charge in [-0.2, -0.15) is 0 Å². The second-order valence-electron chi connectivity index (χ2n) is 10.9. The van der Waals surface area contributed by atoms with Gasteiger partial charge < -0.3 is 38.9 Å². The molecule has 11 nitrogen and oxygen atoms in total. The fourth-order valence-electron chi connectivity index (χ4n) is 4.54. The molecule has 0 rings (SSSR count). The van der Waals surface area contributed by atoms with Crippen LogP contribution in [0.5, 0.6) is 0 Å². The zero-order chi connectivity index (χ0) is 30.6. The Bertz CT molecular complexity index is 694. The molecule has 11 N–H and O–H groups in total. The maximum atomic E-state index is 12.8. The van der Waals surface area contributed by atoms with Crippen LogP contribution in [0.2, 0.25) is 0 Å². The molecule has 2 atom stereocenters. The van der Waals surface area contributed by atoms with Crippen molar-refractivity contribution >= 4 is 23.3 Å². The fourth-order valence-corrected chi connectivity index (χ4v) is 4.54. The van der Waals surface area contributed by atoms with Crippen molar-refractivity contribution < 1.29 is 19.2 Å². The van der Waals surface area contributed by atoms with Crippen molar-refractivity contribution in [3.8, 4) is 0 Å². The molecule has 0 aliphatic rings. The molecule has 1 amide bonds. The minimum atomic E-state index is -0.544. The lowest BCUT2D eigenvalue weighted by Crippen LogP contribution is -2.42. The van der Waals surface area contributed by atoms with E-state index >= 15 is 0 Å². The van der Waals surface area contributed by atoms with Gasteiger partial charge in [-0.1, -0.05) is 12.8 Å². The Morgan fingerprint density at radius 2 is 0.878 bits per heavy atom. The molecule has 0 saturated carbocycles.